The van der Waals surface area contributed by atoms with Crippen LogP contribution in [0.5, 0.6) is 0 Å². The molecular formula is C14H22ClN3O2. The summed E-state index contributed by atoms with van der Waals surface area (Å²) < 4.78 is 10.8. The first-order valence-electron chi connectivity index (χ1n) is 6.88. The summed E-state index contributed by atoms with van der Waals surface area (Å²) in [7, 11) is 1.61. The molecule has 2 unspecified atom stereocenters. The molecule has 1 fully saturated rings. The third kappa shape index (κ3) is 3.22. The molecule has 1 aliphatic rings. The Morgan fingerprint density at radius 2 is 2.20 bits per heavy atom. The molecule has 1 aromatic rings. The molecule has 0 spiro atoms. The van der Waals surface area contributed by atoms with E-state index >= 15 is 0 Å². The standard InChI is InChI=1S/C14H22ClN3O2/c1-5-20-10-6-9(14(10,2)3)16-12-7-11(15)17-13(18-12)8-19-4/h7,9-10H,5-6,8H2,1-4H3,(H,16,17,18). The minimum atomic E-state index is 0.0782. The fourth-order valence-corrected chi connectivity index (χ4v) is 2.73. The normalized spacial score (nSPS) is 24.2. The van der Waals surface area contributed by atoms with Gasteiger partial charge in [0.2, 0.25) is 0 Å². The molecule has 0 bridgehead atoms. The number of ether oxygens (including phenoxy) is 2. The van der Waals surface area contributed by atoms with Crippen LogP contribution in [-0.4, -0.2) is 35.8 Å². The van der Waals surface area contributed by atoms with Gasteiger partial charge in [-0.2, -0.15) is 0 Å². The molecule has 1 heterocycles. The zero-order valence-electron chi connectivity index (χ0n) is 12.4. The van der Waals surface area contributed by atoms with Crippen molar-refractivity contribution in [3.8, 4) is 0 Å². The van der Waals surface area contributed by atoms with Gasteiger partial charge in [-0.25, -0.2) is 9.97 Å². The van der Waals surface area contributed by atoms with E-state index in [-0.39, 0.29) is 5.41 Å². The van der Waals surface area contributed by atoms with Gasteiger partial charge in [0.1, 0.15) is 17.6 Å². The molecule has 1 aromatic heterocycles. The van der Waals surface area contributed by atoms with Crippen molar-refractivity contribution in [2.24, 2.45) is 5.41 Å². The molecule has 0 saturated heterocycles. The summed E-state index contributed by atoms with van der Waals surface area (Å²) in [6, 6.07) is 2.06. The van der Waals surface area contributed by atoms with Crippen molar-refractivity contribution in [3.05, 3.63) is 17.0 Å². The van der Waals surface area contributed by atoms with Crippen LogP contribution in [0.3, 0.4) is 0 Å². The smallest absolute Gasteiger partial charge is 0.158 e. The van der Waals surface area contributed by atoms with E-state index < -0.39 is 0 Å². The van der Waals surface area contributed by atoms with Gasteiger partial charge in [-0.05, 0) is 13.3 Å². The lowest BCUT2D eigenvalue weighted by molar-refractivity contribution is -0.0976. The Bertz CT molecular complexity index is 468. The third-order valence-corrected chi connectivity index (χ3v) is 4.08. The van der Waals surface area contributed by atoms with Crippen LogP contribution in [0.25, 0.3) is 0 Å². The zero-order chi connectivity index (χ0) is 14.8. The van der Waals surface area contributed by atoms with Gasteiger partial charge >= 0.3 is 0 Å². The van der Waals surface area contributed by atoms with E-state index in [4.69, 9.17) is 21.1 Å². The Morgan fingerprint density at radius 1 is 1.45 bits per heavy atom. The lowest BCUT2D eigenvalue weighted by atomic mass is 9.64. The van der Waals surface area contributed by atoms with Gasteiger partial charge < -0.3 is 14.8 Å². The Morgan fingerprint density at radius 3 is 2.80 bits per heavy atom. The van der Waals surface area contributed by atoms with Crippen LogP contribution in [0.4, 0.5) is 5.82 Å². The van der Waals surface area contributed by atoms with E-state index in [2.05, 4.69) is 29.1 Å². The molecule has 0 amide bonds. The quantitative estimate of drug-likeness (QED) is 0.819. The minimum Gasteiger partial charge on any atom is -0.378 e. The second-order valence-corrected chi connectivity index (χ2v) is 6.01. The number of halogens is 1. The highest BCUT2D eigenvalue weighted by atomic mass is 35.5. The summed E-state index contributed by atoms with van der Waals surface area (Å²) in [5.41, 5.74) is 0.0782. The number of nitrogens with one attached hydrogen (secondary N) is 1. The van der Waals surface area contributed by atoms with E-state index in [1.165, 1.54) is 0 Å². The van der Waals surface area contributed by atoms with Crippen molar-refractivity contribution in [3.63, 3.8) is 0 Å². The number of rotatable bonds is 6. The topological polar surface area (TPSA) is 56.3 Å². The van der Waals surface area contributed by atoms with Crippen molar-refractivity contribution in [1.82, 2.24) is 9.97 Å². The molecule has 5 nitrogen and oxygen atoms in total. The SMILES string of the molecule is CCOC1CC(Nc2cc(Cl)nc(COC)n2)C1(C)C. The van der Waals surface area contributed by atoms with E-state index in [9.17, 15) is 0 Å². The predicted molar refractivity (Wildman–Crippen MR) is 79.0 cm³/mol. The molecule has 1 N–H and O–H groups in total. The number of methoxy groups -OCH3 is 1. The Labute approximate surface area is 125 Å². The van der Waals surface area contributed by atoms with Crippen molar-refractivity contribution in [2.45, 2.75) is 45.9 Å². The maximum atomic E-state index is 6.01. The first-order valence-corrected chi connectivity index (χ1v) is 7.25. The van der Waals surface area contributed by atoms with Crippen molar-refractivity contribution in [2.75, 3.05) is 19.0 Å². The first kappa shape index (κ1) is 15.5. The molecule has 0 aliphatic heterocycles. The van der Waals surface area contributed by atoms with Crippen LogP contribution in [0.2, 0.25) is 5.15 Å². The minimum absolute atomic E-state index is 0.0782. The molecule has 6 heteroatoms. The van der Waals surface area contributed by atoms with Gasteiger partial charge in [-0.15, -0.1) is 0 Å². The van der Waals surface area contributed by atoms with Gasteiger partial charge in [-0.1, -0.05) is 25.4 Å². The largest absolute Gasteiger partial charge is 0.378 e. The lowest BCUT2D eigenvalue weighted by Crippen LogP contribution is -2.58. The Kier molecular flexibility index (Phi) is 4.83. The van der Waals surface area contributed by atoms with Crippen LogP contribution in [0, 0.1) is 5.41 Å². The van der Waals surface area contributed by atoms with Gasteiger partial charge in [0.15, 0.2) is 5.82 Å². The monoisotopic (exact) mass is 299 g/mol. The summed E-state index contributed by atoms with van der Waals surface area (Å²) in [4.78, 5) is 8.53. The number of nitrogens with zero attached hydrogens (tertiary/aromatic N) is 2. The van der Waals surface area contributed by atoms with Gasteiger partial charge in [0.25, 0.3) is 0 Å². The van der Waals surface area contributed by atoms with E-state index in [0.717, 1.165) is 18.8 Å². The van der Waals surface area contributed by atoms with Gasteiger partial charge in [0.05, 0.1) is 6.10 Å². The predicted octanol–water partition coefficient (Wildman–Crippen LogP) is 2.89. The molecule has 2 atom stereocenters. The van der Waals surface area contributed by atoms with E-state index in [1.807, 2.05) is 6.92 Å². The van der Waals surface area contributed by atoms with E-state index in [1.54, 1.807) is 13.2 Å². The van der Waals surface area contributed by atoms with Crippen LogP contribution in [0.15, 0.2) is 6.07 Å². The fraction of sp³-hybridized carbons (Fsp3) is 0.714. The van der Waals surface area contributed by atoms with Gasteiger partial charge in [-0.3, -0.25) is 0 Å². The van der Waals surface area contributed by atoms with Gasteiger partial charge in [0, 0.05) is 31.2 Å². The second kappa shape index (κ2) is 6.24. The number of aromatic nitrogens is 2. The molecule has 1 saturated carbocycles. The first-order chi connectivity index (χ1) is 9.47. The number of anilines is 1. The summed E-state index contributed by atoms with van der Waals surface area (Å²) in [5.74, 6) is 1.33. The highest BCUT2D eigenvalue weighted by molar-refractivity contribution is 6.29. The van der Waals surface area contributed by atoms with Crippen molar-refractivity contribution < 1.29 is 9.47 Å². The Balaban J connectivity index is 2.04. The molecule has 20 heavy (non-hydrogen) atoms. The summed E-state index contributed by atoms with van der Waals surface area (Å²) in [6.07, 6.45) is 1.27. The summed E-state index contributed by atoms with van der Waals surface area (Å²) in [6.45, 7) is 7.53. The molecule has 1 aliphatic carbocycles. The average molecular weight is 300 g/mol. The summed E-state index contributed by atoms with van der Waals surface area (Å²) >= 11 is 6.01. The van der Waals surface area contributed by atoms with Crippen LogP contribution in [-0.2, 0) is 16.1 Å². The number of hydrogen-bond acceptors (Lipinski definition) is 5. The highest BCUT2D eigenvalue weighted by Crippen LogP contribution is 2.44. The third-order valence-electron chi connectivity index (χ3n) is 3.88. The maximum absolute atomic E-state index is 6.01. The summed E-state index contributed by atoms with van der Waals surface area (Å²) in [5, 5.41) is 3.85. The Hall–Kier alpha value is -0.910. The van der Waals surface area contributed by atoms with E-state index in [0.29, 0.717) is 29.7 Å². The maximum Gasteiger partial charge on any atom is 0.158 e. The lowest BCUT2D eigenvalue weighted by Gasteiger charge is -2.51. The highest BCUT2D eigenvalue weighted by Gasteiger charge is 2.49. The number of hydrogen-bond donors (Lipinski definition) is 1. The van der Waals surface area contributed by atoms with Crippen LogP contribution >= 0.6 is 11.6 Å². The fourth-order valence-electron chi connectivity index (χ4n) is 2.53. The average Bonchev–Trinajstić information content (AvgIpc) is 2.37. The molecule has 112 valence electrons. The van der Waals surface area contributed by atoms with Crippen LogP contribution < -0.4 is 5.32 Å². The molecule has 0 aromatic carbocycles. The van der Waals surface area contributed by atoms with Crippen LogP contribution in [0.1, 0.15) is 33.0 Å². The van der Waals surface area contributed by atoms with Crippen molar-refractivity contribution in [1.29, 1.82) is 0 Å². The molecular weight excluding hydrogens is 278 g/mol. The zero-order valence-corrected chi connectivity index (χ0v) is 13.2. The second-order valence-electron chi connectivity index (χ2n) is 5.62. The van der Waals surface area contributed by atoms with Crippen molar-refractivity contribution >= 4 is 17.4 Å². The molecule has 2 rings (SSSR count). The molecule has 0 radical (unpaired) electrons.